The number of nitrogens with zero attached hydrogens (tertiary/aromatic N) is 2. The van der Waals surface area contributed by atoms with Gasteiger partial charge in [-0.3, -0.25) is 0 Å². The molecule has 0 amide bonds. The van der Waals surface area contributed by atoms with Crippen LogP contribution in [0, 0.1) is 6.92 Å². The number of halogens is 1. The number of nitrogens with one attached hydrogen (secondary N) is 1. The van der Waals surface area contributed by atoms with Gasteiger partial charge in [-0.1, -0.05) is 12.1 Å². The fourth-order valence-electron chi connectivity index (χ4n) is 1.80. The van der Waals surface area contributed by atoms with Crippen molar-refractivity contribution < 1.29 is 4.74 Å². The van der Waals surface area contributed by atoms with Gasteiger partial charge in [0.1, 0.15) is 22.0 Å². The molecule has 1 unspecified atom stereocenters. The molecule has 0 saturated heterocycles. The predicted molar refractivity (Wildman–Crippen MR) is 79.5 cm³/mol. The van der Waals surface area contributed by atoms with E-state index in [0.29, 0.717) is 0 Å². The summed E-state index contributed by atoms with van der Waals surface area (Å²) in [7, 11) is 1.66. The van der Waals surface area contributed by atoms with E-state index in [1.165, 1.54) is 5.56 Å². The molecule has 2 rings (SSSR count). The van der Waals surface area contributed by atoms with E-state index in [-0.39, 0.29) is 6.04 Å². The number of benzene rings is 1. The van der Waals surface area contributed by atoms with Crippen molar-refractivity contribution >= 4 is 21.7 Å². The Morgan fingerprint density at radius 3 is 2.47 bits per heavy atom. The minimum atomic E-state index is 0.159. The minimum Gasteiger partial charge on any atom is -0.497 e. The van der Waals surface area contributed by atoms with E-state index in [2.05, 4.69) is 38.1 Å². The molecule has 1 atom stereocenters. The Morgan fingerprint density at radius 1 is 1.21 bits per heavy atom. The van der Waals surface area contributed by atoms with Crippen LogP contribution in [0.25, 0.3) is 0 Å². The van der Waals surface area contributed by atoms with Crippen LogP contribution in [0.4, 0.5) is 5.82 Å². The summed E-state index contributed by atoms with van der Waals surface area (Å²) >= 11 is 3.37. The van der Waals surface area contributed by atoms with E-state index in [1.54, 1.807) is 7.11 Å². The highest BCUT2D eigenvalue weighted by molar-refractivity contribution is 9.10. The summed E-state index contributed by atoms with van der Waals surface area (Å²) in [5, 5.41) is 3.36. The largest absolute Gasteiger partial charge is 0.497 e. The molecular weight excluding hydrogens is 306 g/mol. The second-order valence-corrected chi connectivity index (χ2v) is 5.07. The first-order chi connectivity index (χ1) is 9.08. The van der Waals surface area contributed by atoms with Crippen LogP contribution in [0.15, 0.2) is 34.9 Å². The number of ether oxygens (including phenoxy) is 1. The highest BCUT2D eigenvalue weighted by atomic mass is 79.9. The Hall–Kier alpha value is -1.62. The van der Waals surface area contributed by atoms with Crippen LogP contribution >= 0.6 is 15.9 Å². The predicted octanol–water partition coefficient (Wildman–Crippen LogP) is 3.73. The van der Waals surface area contributed by atoms with Crippen molar-refractivity contribution in [3.63, 3.8) is 0 Å². The van der Waals surface area contributed by atoms with Crippen LogP contribution in [0.1, 0.15) is 24.4 Å². The zero-order valence-electron chi connectivity index (χ0n) is 11.1. The molecule has 0 bridgehead atoms. The van der Waals surface area contributed by atoms with Gasteiger partial charge in [-0.2, -0.15) is 0 Å². The van der Waals surface area contributed by atoms with Crippen molar-refractivity contribution in [2.24, 2.45) is 0 Å². The van der Waals surface area contributed by atoms with Gasteiger partial charge in [0.2, 0.25) is 0 Å². The zero-order chi connectivity index (χ0) is 13.8. The van der Waals surface area contributed by atoms with Gasteiger partial charge in [0.15, 0.2) is 0 Å². The number of aryl methyl sites for hydroxylation is 1. The maximum Gasteiger partial charge on any atom is 0.131 e. The molecule has 0 aliphatic carbocycles. The Kier molecular flexibility index (Phi) is 4.37. The fraction of sp³-hybridized carbons (Fsp3) is 0.286. The van der Waals surface area contributed by atoms with Crippen LogP contribution in [0.3, 0.4) is 0 Å². The molecule has 19 heavy (non-hydrogen) atoms. The van der Waals surface area contributed by atoms with Crippen LogP contribution < -0.4 is 10.1 Å². The summed E-state index contributed by atoms with van der Waals surface area (Å²) in [6.07, 6.45) is 0. The average molecular weight is 322 g/mol. The van der Waals surface area contributed by atoms with Gasteiger partial charge >= 0.3 is 0 Å². The van der Waals surface area contributed by atoms with Gasteiger partial charge in [0.25, 0.3) is 0 Å². The molecule has 1 N–H and O–H groups in total. The van der Waals surface area contributed by atoms with Crippen molar-refractivity contribution in [2.75, 3.05) is 12.4 Å². The van der Waals surface area contributed by atoms with Crippen molar-refractivity contribution in [1.29, 1.82) is 0 Å². The van der Waals surface area contributed by atoms with E-state index in [0.717, 1.165) is 22.0 Å². The number of rotatable bonds is 4. The summed E-state index contributed by atoms with van der Waals surface area (Å²) in [5.41, 5.74) is 1.17. The molecule has 1 aromatic heterocycles. The maximum absolute atomic E-state index is 5.15. The first kappa shape index (κ1) is 13.8. The molecule has 100 valence electrons. The molecule has 0 aliphatic rings. The van der Waals surface area contributed by atoms with Gasteiger partial charge in [-0.05, 0) is 47.5 Å². The minimum absolute atomic E-state index is 0.159. The zero-order valence-corrected chi connectivity index (χ0v) is 12.7. The molecule has 0 aliphatic heterocycles. The SMILES string of the molecule is COc1ccc(C(C)Nc2cc(Br)nc(C)n2)cc1. The van der Waals surface area contributed by atoms with Gasteiger partial charge in [0.05, 0.1) is 7.11 Å². The van der Waals surface area contributed by atoms with Crippen LogP contribution in [-0.4, -0.2) is 17.1 Å². The van der Waals surface area contributed by atoms with Gasteiger partial charge in [0, 0.05) is 12.1 Å². The summed E-state index contributed by atoms with van der Waals surface area (Å²) < 4.78 is 5.93. The van der Waals surface area contributed by atoms with Crippen LogP contribution in [-0.2, 0) is 0 Å². The van der Waals surface area contributed by atoms with Crippen molar-refractivity contribution in [1.82, 2.24) is 9.97 Å². The van der Waals surface area contributed by atoms with Crippen molar-refractivity contribution in [2.45, 2.75) is 19.9 Å². The van der Waals surface area contributed by atoms with E-state index in [1.807, 2.05) is 37.3 Å². The van der Waals surface area contributed by atoms with Crippen molar-refractivity contribution in [3.05, 3.63) is 46.3 Å². The number of hydrogen-bond donors (Lipinski definition) is 1. The average Bonchev–Trinajstić information content (AvgIpc) is 2.37. The van der Waals surface area contributed by atoms with E-state index >= 15 is 0 Å². The van der Waals surface area contributed by atoms with E-state index < -0.39 is 0 Å². The summed E-state index contributed by atoms with van der Waals surface area (Å²) in [4.78, 5) is 8.54. The third-order valence-electron chi connectivity index (χ3n) is 2.79. The molecule has 0 saturated carbocycles. The van der Waals surface area contributed by atoms with Gasteiger partial charge < -0.3 is 10.1 Å². The molecule has 2 aromatic rings. The quantitative estimate of drug-likeness (QED) is 0.872. The van der Waals surface area contributed by atoms with Gasteiger partial charge in [-0.15, -0.1) is 0 Å². The monoisotopic (exact) mass is 321 g/mol. The molecule has 1 heterocycles. The second kappa shape index (κ2) is 6.02. The fourth-order valence-corrected chi connectivity index (χ4v) is 2.28. The highest BCUT2D eigenvalue weighted by Gasteiger charge is 2.07. The lowest BCUT2D eigenvalue weighted by molar-refractivity contribution is 0.414. The smallest absolute Gasteiger partial charge is 0.131 e. The Morgan fingerprint density at radius 2 is 1.89 bits per heavy atom. The molecule has 5 heteroatoms. The first-order valence-corrected chi connectivity index (χ1v) is 6.79. The summed E-state index contributed by atoms with van der Waals surface area (Å²) in [5.74, 6) is 2.40. The Labute approximate surface area is 121 Å². The lowest BCUT2D eigenvalue weighted by Crippen LogP contribution is -2.08. The van der Waals surface area contributed by atoms with Crippen LogP contribution in [0.2, 0.25) is 0 Å². The number of methoxy groups -OCH3 is 1. The second-order valence-electron chi connectivity index (χ2n) is 4.26. The van der Waals surface area contributed by atoms with Crippen LogP contribution in [0.5, 0.6) is 5.75 Å². The number of hydrogen-bond acceptors (Lipinski definition) is 4. The van der Waals surface area contributed by atoms with E-state index in [9.17, 15) is 0 Å². The third kappa shape index (κ3) is 3.67. The lowest BCUT2D eigenvalue weighted by Gasteiger charge is -2.15. The van der Waals surface area contributed by atoms with Crippen molar-refractivity contribution in [3.8, 4) is 5.75 Å². The Balaban J connectivity index is 2.13. The molecule has 0 spiro atoms. The molecule has 0 fully saturated rings. The van der Waals surface area contributed by atoms with E-state index in [4.69, 9.17) is 4.74 Å². The topological polar surface area (TPSA) is 47.0 Å². The lowest BCUT2D eigenvalue weighted by atomic mass is 10.1. The summed E-state index contributed by atoms with van der Waals surface area (Å²) in [6.45, 7) is 3.96. The molecule has 1 aromatic carbocycles. The Bertz CT molecular complexity index is 537. The molecule has 4 nitrogen and oxygen atoms in total. The van der Waals surface area contributed by atoms with Gasteiger partial charge in [-0.25, -0.2) is 9.97 Å². The maximum atomic E-state index is 5.15. The molecular formula is C14H16BrN3O. The third-order valence-corrected chi connectivity index (χ3v) is 3.19. The highest BCUT2D eigenvalue weighted by Crippen LogP contribution is 2.21. The summed E-state index contributed by atoms with van der Waals surface area (Å²) in [6, 6.07) is 10.0. The molecule has 0 radical (unpaired) electrons. The number of aromatic nitrogens is 2. The first-order valence-electron chi connectivity index (χ1n) is 6.00. The standard InChI is InChI=1S/C14H16BrN3O/c1-9(11-4-6-12(19-3)7-5-11)16-14-8-13(15)17-10(2)18-14/h4-9H,1-3H3,(H,16,17,18). The number of anilines is 1. The normalized spacial score (nSPS) is 12.0.